The Labute approximate surface area is 150 Å². The van der Waals surface area contributed by atoms with E-state index in [1.807, 2.05) is 46.5 Å². The van der Waals surface area contributed by atoms with Crippen molar-refractivity contribution in [1.29, 1.82) is 0 Å². The predicted molar refractivity (Wildman–Crippen MR) is 102 cm³/mol. The predicted octanol–water partition coefficient (Wildman–Crippen LogP) is 4.73. The second-order valence-corrected chi connectivity index (χ2v) is 6.36. The fraction of sp³-hybridized carbons (Fsp3) is 0.286. The van der Waals surface area contributed by atoms with Crippen molar-refractivity contribution >= 4 is 11.4 Å². The van der Waals surface area contributed by atoms with Gasteiger partial charge in [-0.3, -0.25) is 0 Å². The molecule has 2 aromatic rings. The van der Waals surface area contributed by atoms with Gasteiger partial charge in [-0.05, 0) is 74.2 Å². The summed E-state index contributed by atoms with van der Waals surface area (Å²) in [6.07, 6.45) is 4.07. The Bertz CT molecular complexity index is 713. The van der Waals surface area contributed by atoms with Crippen molar-refractivity contribution in [3.05, 3.63) is 65.6 Å². The van der Waals surface area contributed by atoms with Crippen LogP contribution in [-0.2, 0) is 0 Å². The van der Waals surface area contributed by atoms with Gasteiger partial charge in [0.15, 0.2) is 0 Å². The maximum Gasteiger partial charge on any atom is 0.217 e. The summed E-state index contributed by atoms with van der Waals surface area (Å²) in [5, 5.41) is 0. The number of anilines is 2. The maximum absolute atomic E-state index is 5.36. The molecule has 0 bridgehead atoms. The molecule has 4 heteroatoms. The molecule has 0 unspecified atom stereocenters. The highest BCUT2D eigenvalue weighted by molar-refractivity contribution is 5.72. The van der Waals surface area contributed by atoms with Crippen molar-refractivity contribution in [1.82, 2.24) is 0 Å². The minimum absolute atomic E-state index is 0.876. The molecule has 0 amide bonds. The molecule has 1 aliphatic rings. The van der Waals surface area contributed by atoms with Crippen molar-refractivity contribution in [2.75, 3.05) is 24.0 Å². The molecule has 25 heavy (non-hydrogen) atoms. The van der Waals surface area contributed by atoms with E-state index in [2.05, 4.69) is 34.4 Å². The van der Waals surface area contributed by atoms with Gasteiger partial charge in [0.05, 0.1) is 14.2 Å². The lowest BCUT2D eigenvalue weighted by atomic mass is 10.1. The largest absolute Gasteiger partial charge is 0.497 e. The zero-order valence-corrected chi connectivity index (χ0v) is 15.7. The van der Waals surface area contributed by atoms with E-state index in [-0.39, 0.29) is 0 Å². The lowest BCUT2D eigenvalue weighted by molar-refractivity contribution is 0.414. The van der Waals surface area contributed by atoms with E-state index in [9.17, 15) is 0 Å². The first-order chi connectivity index (χ1) is 11.9. The molecule has 4 nitrogen and oxygen atoms in total. The lowest BCUT2D eigenvalue weighted by Gasteiger charge is -2.25. The molecule has 0 saturated heterocycles. The number of hydrogen-bond donors (Lipinski definition) is 0. The van der Waals surface area contributed by atoms with Gasteiger partial charge >= 0.3 is 0 Å². The highest BCUT2D eigenvalue weighted by atomic mass is 16.5. The summed E-state index contributed by atoms with van der Waals surface area (Å²) >= 11 is 0. The van der Waals surface area contributed by atoms with E-state index < -0.39 is 0 Å². The first-order valence-corrected chi connectivity index (χ1v) is 8.28. The highest BCUT2D eigenvalue weighted by Gasteiger charge is 2.23. The Morgan fingerprint density at radius 2 is 0.960 bits per heavy atom. The molecule has 1 aliphatic heterocycles. The maximum atomic E-state index is 5.36. The van der Waals surface area contributed by atoms with Gasteiger partial charge in [-0.1, -0.05) is 0 Å². The summed E-state index contributed by atoms with van der Waals surface area (Å²) in [6.45, 7) is 11.8. The minimum Gasteiger partial charge on any atom is -0.497 e. The van der Waals surface area contributed by atoms with Crippen LogP contribution >= 0.6 is 0 Å². The molecule has 0 saturated carbocycles. The molecule has 1 heterocycles. The van der Waals surface area contributed by atoms with E-state index in [0.29, 0.717) is 0 Å². The first kappa shape index (κ1) is 17.2. The molecule has 3 rings (SSSR count). The van der Waals surface area contributed by atoms with Crippen LogP contribution in [0, 0.1) is 34.4 Å². The number of methoxy groups -OCH3 is 2. The van der Waals surface area contributed by atoms with E-state index >= 15 is 0 Å². The highest BCUT2D eigenvalue weighted by Crippen LogP contribution is 2.37. The molecule has 0 fully saturated rings. The summed E-state index contributed by atoms with van der Waals surface area (Å²) < 4.78 is 10.7. The van der Waals surface area contributed by atoms with Gasteiger partial charge in [-0.15, -0.1) is 0 Å². The SMILES string of the molecule is COc1cc(C)c(N2[C]N(c3c(C)cc(OC)cc3C)C=C2)c(C)c1. The van der Waals surface area contributed by atoms with Crippen LogP contribution in [0.15, 0.2) is 36.7 Å². The number of nitrogens with zero attached hydrogens (tertiary/aromatic N) is 2. The monoisotopic (exact) mass is 336 g/mol. The van der Waals surface area contributed by atoms with Crippen LogP contribution in [0.4, 0.5) is 11.4 Å². The molecule has 0 atom stereocenters. The van der Waals surface area contributed by atoms with Crippen molar-refractivity contribution < 1.29 is 9.47 Å². The second kappa shape index (κ2) is 6.71. The Kier molecular flexibility index (Phi) is 4.62. The standard InChI is InChI=1S/C21H24N2O2/c1-14-9-18(24-5)10-15(2)20(14)22-7-8-23(13-22)21-16(3)11-19(25-6)12-17(21)4/h7-12H,1-6H3. The quantitative estimate of drug-likeness (QED) is 0.806. The Morgan fingerprint density at radius 3 is 1.24 bits per heavy atom. The summed E-state index contributed by atoms with van der Waals surface area (Å²) in [4.78, 5) is 4.07. The van der Waals surface area contributed by atoms with E-state index in [1.54, 1.807) is 14.2 Å². The number of rotatable bonds is 4. The topological polar surface area (TPSA) is 24.9 Å². The molecule has 0 N–H and O–H groups in total. The fourth-order valence-corrected chi connectivity index (χ4v) is 3.39. The molecule has 0 aromatic heterocycles. The normalized spacial score (nSPS) is 13.5. The number of benzene rings is 2. The summed E-state index contributed by atoms with van der Waals surface area (Å²) in [6, 6.07) is 8.18. The Hall–Kier alpha value is -2.62. The van der Waals surface area contributed by atoms with E-state index in [1.165, 1.54) is 0 Å². The molecule has 0 aliphatic carbocycles. The van der Waals surface area contributed by atoms with Crippen molar-refractivity contribution in [3.8, 4) is 11.5 Å². The summed E-state index contributed by atoms with van der Waals surface area (Å²) in [5.41, 5.74) is 6.86. The van der Waals surface area contributed by atoms with Crippen molar-refractivity contribution in [3.63, 3.8) is 0 Å². The third kappa shape index (κ3) is 3.16. The molecule has 130 valence electrons. The van der Waals surface area contributed by atoms with Crippen LogP contribution in [0.2, 0.25) is 0 Å². The van der Waals surface area contributed by atoms with Gasteiger partial charge in [0, 0.05) is 23.8 Å². The van der Waals surface area contributed by atoms with Gasteiger partial charge in [0.25, 0.3) is 0 Å². The van der Waals surface area contributed by atoms with Crippen molar-refractivity contribution in [2.24, 2.45) is 0 Å². The van der Waals surface area contributed by atoms with Crippen molar-refractivity contribution in [2.45, 2.75) is 27.7 Å². The van der Waals surface area contributed by atoms with Crippen LogP contribution in [-0.4, -0.2) is 14.2 Å². The van der Waals surface area contributed by atoms with Crippen LogP contribution in [0.5, 0.6) is 11.5 Å². The lowest BCUT2D eigenvalue weighted by Crippen LogP contribution is -2.20. The average Bonchev–Trinajstić information content (AvgIpc) is 3.02. The fourth-order valence-electron chi connectivity index (χ4n) is 3.39. The zero-order chi connectivity index (χ0) is 18.1. The minimum atomic E-state index is 0.876. The molecule has 0 spiro atoms. The summed E-state index contributed by atoms with van der Waals surface area (Å²) in [5.74, 6) is 1.75. The van der Waals surface area contributed by atoms with Crippen LogP contribution in [0.3, 0.4) is 0 Å². The Balaban J connectivity index is 1.90. The number of aryl methyl sites for hydroxylation is 4. The Morgan fingerprint density at radius 1 is 0.640 bits per heavy atom. The van der Waals surface area contributed by atoms with Gasteiger partial charge in [-0.25, -0.2) is 0 Å². The zero-order valence-electron chi connectivity index (χ0n) is 15.7. The van der Waals surface area contributed by atoms with Crippen LogP contribution in [0.1, 0.15) is 22.3 Å². The number of ether oxygens (including phenoxy) is 2. The molecular weight excluding hydrogens is 312 g/mol. The average molecular weight is 336 g/mol. The second-order valence-electron chi connectivity index (χ2n) is 6.36. The summed E-state index contributed by atoms with van der Waals surface area (Å²) in [7, 11) is 3.39. The van der Waals surface area contributed by atoms with Gasteiger partial charge in [0.1, 0.15) is 11.5 Å². The van der Waals surface area contributed by atoms with Gasteiger partial charge < -0.3 is 19.3 Å². The van der Waals surface area contributed by atoms with Gasteiger partial charge in [0.2, 0.25) is 6.67 Å². The molecule has 2 radical (unpaired) electrons. The third-order valence-electron chi connectivity index (χ3n) is 4.46. The molecular formula is C21H24N2O2. The van der Waals surface area contributed by atoms with Crippen LogP contribution in [0.25, 0.3) is 0 Å². The van der Waals surface area contributed by atoms with Crippen LogP contribution < -0.4 is 19.3 Å². The van der Waals surface area contributed by atoms with Gasteiger partial charge in [-0.2, -0.15) is 0 Å². The molecule has 2 aromatic carbocycles. The first-order valence-electron chi connectivity index (χ1n) is 8.28. The smallest absolute Gasteiger partial charge is 0.217 e. The number of hydrogen-bond acceptors (Lipinski definition) is 4. The third-order valence-corrected chi connectivity index (χ3v) is 4.46. The van der Waals surface area contributed by atoms with E-state index in [4.69, 9.17) is 9.47 Å². The van der Waals surface area contributed by atoms with E-state index in [0.717, 1.165) is 45.1 Å².